The van der Waals surface area contributed by atoms with Crippen LogP contribution in [0.4, 0.5) is 0 Å². The second kappa shape index (κ2) is 7.39. The van der Waals surface area contributed by atoms with Crippen LogP contribution in [0.15, 0.2) is 24.3 Å². The molecule has 0 saturated carbocycles. The van der Waals surface area contributed by atoms with Gasteiger partial charge in [-0.05, 0) is 37.0 Å². The molecule has 100 valence electrons. The van der Waals surface area contributed by atoms with Gasteiger partial charge in [0.2, 0.25) is 0 Å². The van der Waals surface area contributed by atoms with E-state index in [4.69, 9.17) is 9.47 Å². The molecule has 1 heterocycles. The predicted molar refractivity (Wildman–Crippen MR) is 73.2 cm³/mol. The van der Waals surface area contributed by atoms with Crippen LogP contribution in [-0.2, 0) is 11.2 Å². The summed E-state index contributed by atoms with van der Waals surface area (Å²) in [5, 5.41) is 3.38. The number of benzene rings is 1. The summed E-state index contributed by atoms with van der Waals surface area (Å²) in [4.78, 5) is 0. The van der Waals surface area contributed by atoms with E-state index in [2.05, 4.69) is 24.4 Å². The van der Waals surface area contributed by atoms with Gasteiger partial charge in [-0.3, -0.25) is 0 Å². The molecule has 1 aliphatic rings. The summed E-state index contributed by atoms with van der Waals surface area (Å²) in [6, 6.07) is 8.30. The van der Waals surface area contributed by atoms with Gasteiger partial charge in [-0.15, -0.1) is 0 Å². The zero-order valence-electron chi connectivity index (χ0n) is 11.2. The van der Waals surface area contributed by atoms with Gasteiger partial charge in [-0.25, -0.2) is 0 Å². The zero-order valence-corrected chi connectivity index (χ0v) is 11.2. The number of ether oxygens (including phenoxy) is 2. The van der Waals surface area contributed by atoms with Crippen LogP contribution in [-0.4, -0.2) is 32.4 Å². The van der Waals surface area contributed by atoms with Crippen LogP contribution in [0.2, 0.25) is 0 Å². The molecule has 0 amide bonds. The first-order valence-corrected chi connectivity index (χ1v) is 6.92. The summed E-state index contributed by atoms with van der Waals surface area (Å²) >= 11 is 0. The highest BCUT2D eigenvalue weighted by Gasteiger charge is 2.14. The van der Waals surface area contributed by atoms with E-state index in [-0.39, 0.29) is 0 Å². The Balaban J connectivity index is 1.59. The highest BCUT2D eigenvalue weighted by Crippen LogP contribution is 2.13. The molecule has 0 spiro atoms. The topological polar surface area (TPSA) is 30.5 Å². The van der Waals surface area contributed by atoms with Crippen LogP contribution >= 0.6 is 0 Å². The molecule has 0 aliphatic carbocycles. The van der Waals surface area contributed by atoms with Crippen LogP contribution < -0.4 is 10.1 Å². The zero-order chi connectivity index (χ0) is 12.6. The fourth-order valence-electron chi connectivity index (χ4n) is 2.16. The molecule has 1 N–H and O–H groups in total. The SMILES string of the molecule is CCc1cccc(OCCNCC2CCCO2)c1. The maximum absolute atomic E-state index is 5.71. The van der Waals surface area contributed by atoms with Gasteiger partial charge in [-0.2, -0.15) is 0 Å². The number of hydrogen-bond acceptors (Lipinski definition) is 3. The van der Waals surface area contributed by atoms with Crippen molar-refractivity contribution in [1.82, 2.24) is 5.32 Å². The molecule has 1 aliphatic heterocycles. The third-order valence-electron chi connectivity index (χ3n) is 3.25. The first kappa shape index (κ1) is 13.4. The van der Waals surface area contributed by atoms with Crippen molar-refractivity contribution in [3.63, 3.8) is 0 Å². The van der Waals surface area contributed by atoms with Crippen molar-refractivity contribution in [3.8, 4) is 5.75 Å². The maximum atomic E-state index is 5.71. The van der Waals surface area contributed by atoms with Crippen molar-refractivity contribution >= 4 is 0 Å². The van der Waals surface area contributed by atoms with E-state index in [1.165, 1.54) is 18.4 Å². The number of nitrogens with one attached hydrogen (secondary N) is 1. The molecule has 0 aromatic heterocycles. The van der Waals surface area contributed by atoms with Crippen molar-refractivity contribution in [2.45, 2.75) is 32.3 Å². The van der Waals surface area contributed by atoms with Gasteiger partial charge in [0.25, 0.3) is 0 Å². The summed E-state index contributed by atoms with van der Waals surface area (Å²) in [5.41, 5.74) is 1.32. The first-order chi connectivity index (χ1) is 8.88. The van der Waals surface area contributed by atoms with Gasteiger partial charge in [0, 0.05) is 19.7 Å². The van der Waals surface area contributed by atoms with Crippen LogP contribution in [0, 0.1) is 0 Å². The quantitative estimate of drug-likeness (QED) is 0.753. The van der Waals surface area contributed by atoms with E-state index in [1.807, 2.05) is 12.1 Å². The second-order valence-electron chi connectivity index (χ2n) is 4.69. The van der Waals surface area contributed by atoms with Gasteiger partial charge >= 0.3 is 0 Å². The van der Waals surface area contributed by atoms with E-state index in [0.717, 1.165) is 31.9 Å². The Morgan fingerprint density at radius 3 is 3.17 bits per heavy atom. The molecule has 3 heteroatoms. The third-order valence-corrected chi connectivity index (χ3v) is 3.25. The van der Waals surface area contributed by atoms with Gasteiger partial charge in [0.05, 0.1) is 6.10 Å². The van der Waals surface area contributed by atoms with Crippen molar-refractivity contribution in [2.24, 2.45) is 0 Å². The van der Waals surface area contributed by atoms with Crippen LogP contribution in [0.5, 0.6) is 5.75 Å². The van der Waals surface area contributed by atoms with Crippen molar-refractivity contribution in [1.29, 1.82) is 0 Å². The molecular weight excluding hydrogens is 226 g/mol. The molecule has 1 atom stereocenters. The highest BCUT2D eigenvalue weighted by atomic mass is 16.5. The predicted octanol–water partition coefficient (Wildman–Crippen LogP) is 2.40. The van der Waals surface area contributed by atoms with Crippen LogP contribution in [0.25, 0.3) is 0 Å². The van der Waals surface area contributed by atoms with E-state index < -0.39 is 0 Å². The minimum absolute atomic E-state index is 0.411. The Bertz CT molecular complexity index is 348. The summed E-state index contributed by atoms with van der Waals surface area (Å²) in [5.74, 6) is 0.966. The fourth-order valence-corrected chi connectivity index (χ4v) is 2.16. The fraction of sp³-hybridized carbons (Fsp3) is 0.600. The second-order valence-corrected chi connectivity index (χ2v) is 4.69. The molecule has 1 unspecified atom stereocenters. The maximum Gasteiger partial charge on any atom is 0.119 e. The van der Waals surface area contributed by atoms with Crippen molar-refractivity contribution in [3.05, 3.63) is 29.8 Å². The Hall–Kier alpha value is -1.06. The lowest BCUT2D eigenvalue weighted by molar-refractivity contribution is 0.109. The van der Waals surface area contributed by atoms with E-state index in [1.54, 1.807) is 0 Å². The van der Waals surface area contributed by atoms with Gasteiger partial charge in [0.15, 0.2) is 0 Å². The van der Waals surface area contributed by atoms with Crippen molar-refractivity contribution in [2.75, 3.05) is 26.3 Å². The summed E-state index contributed by atoms with van der Waals surface area (Å²) in [6.45, 7) is 5.60. The minimum atomic E-state index is 0.411. The normalized spacial score (nSPS) is 19.1. The summed E-state index contributed by atoms with van der Waals surface area (Å²) < 4.78 is 11.3. The van der Waals surface area contributed by atoms with Crippen molar-refractivity contribution < 1.29 is 9.47 Å². The molecule has 0 bridgehead atoms. The lowest BCUT2D eigenvalue weighted by Crippen LogP contribution is -2.29. The molecule has 0 radical (unpaired) electrons. The van der Waals surface area contributed by atoms with Gasteiger partial charge in [-0.1, -0.05) is 19.1 Å². The highest BCUT2D eigenvalue weighted by molar-refractivity contribution is 5.28. The van der Waals surface area contributed by atoms with Crippen LogP contribution in [0.1, 0.15) is 25.3 Å². The number of aryl methyl sites for hydroxylation is 1. The summed E-state index contributed by atoms with van der Waals surface area (Å²) in [7, 11) is 0. The Kier molecular flexibility index (Phi) is 5.49. The molecular formula is C15H23NO2. The number of hydrogen-bond donors (Lipinski definition) is 1. The first-order valence-electron chi connectivity index (χ1n) is 6.92. The minimum Gasteiger partial charge on any atom is -0.492 e. The largest absolute Gasteiger partial charge is 0.492 e. The van der Waals surface area contributed by atoms with E-state index >= 15 is 0 Å². The molecule has 1 saturated heterocycles. The van der Waals surface area contributed by atoms with Gasteiger partial charge < -0.3 is 14.8 Å². The lowest BCUT2D eigenvalue weighted by Gasteiger charge is -2.11. The Morgan fingerprint density at radius 2 is 2.39 bits per heavy atom. The molecule has 1 fully saturated rings. The standard InChI is InChI=1S/C15H23NO2/c1-2-13-5-3-6-14(11-13)18-10-8-16-12-15-7-4-9-17-15/h3,5-6,11,15-16H,2,4,7-10,12H2,1H3. The third kappa shape index (κ3) is 4.31. The molecule has 3 nitrogen and oxygen atoms in total. The summed E-state index contributed by atoms with van der Waals surface area (Å²) in [6.07, 6.45) is 3.85. The number of rotatable bonds is 7. The lowest BCUT2D eigenvalue weighted by atomic mass is 10.2. The molecule has 1 aromatic rings. The Labute approximate surface area is 109 Å². The monoisotopic (exact) mass is 249 g/mol. The Morgan fingerprint density at radius 1 is 1.44 bits per heavy atom. The smallest absolute Gasteiger partial charge is 0.119 e. The van der Waals surface area contributed by atoms with E-state index in [9.17, 15) is 0 Å². The average molecular weight is 249 g/mol. The average Bonchev–Trinajstić information content (AvgIpc) is 2.92. The van der Waals surface area contributed by atoms with Crippen LogP contribution in [0.3, 0.4) is 0 Å². The molecule has 1 aromatic carbocycles. The molecule has 18 heavy (non-hydrogen) atoms. The van der Waals surface area contributed by atoms with E-state index in [0.29, 0.717) is 12.7 Å². The van der Waals surface area contributed by atoms with Gasteiger partial charge in [0.1, 0.15) is 12.4 Å². The molecule has 2 rings (SSSR count).